The Morgan fingerprint density at radius 2 is 1.61 bits per heavy atom. The van der Waals surface area contributed by atoms with Crippen molar-refractivity contribution in [3.8, 4) is 0 Å². The summed E-state index contributed by atoms with van der Waals surface area (Å²) in [5, 5.41) is 2.80. The minimum absolute atomic E-state index is 0.214. The van der Waals surface area contributed by atoms with E-state index < -0.39 is 12.7 Å². The van der Waals surface area contributed by atoms with E-state index >= 15 is 0 Å². The SMILES string of the molecule is CC(C)(C)NC(=O)N1CCN(CC(F)(F)F)CC1. The van der Waals surface area contributed by atoms with E-state index in [-0.39, 0.29) is 24.7 Å². The summed E-state index contributed by atoms with van der Waals surface area (Å²) >= 11 is 0. The second-order valence-corrected chi connectivity index (χ2v) is 5.56. The molecule has 0 aromatic heterocycles. The molecule has 0 saturated carbocycles. The lowest BCUT2D eigenvalue weighted by molar-refractivity contribution is -0.148. The molecule has 0 spiro atoms. The van der Waals surface area contributed by atoms with Gasteiger partial charge in [0.05, 0.1) is 6.54 Å². The van der Waals surface area contributed by atoms with Gasteiger partial charge in [-0.1, -0.05) is 0 Å². The van der Waals surface area contributed by atoms with Crippen molar-refractivity contribution in [1.82, 2.24) is 15.1 Å². The molecule has 4 nitrogen and oxygen atoms in total. The van der Waals surface area contributed by atoms with Crippen LogP contribution in [0.2, 0.25) is 0 Å². The van der Waals surface area contributed by atoms with Crippen molar-refractivity contribution in [3.05, 3.63) is 0 Å². The fraction of sp³-hybridized carbons (Fsp3) is 0.909. The van der Waals surface area contributed by atoms with Gasteiger partial charge in [0.15, 0.2) is 0 Å². The van der Waals surface area contributed by atoms with Crippen LogP contribution in [0.25, 0.3) is 0 Å². The van der Waals surface area contributed by atoms with Gasteiger partial charge in [-0.25, -0.2) is 4.79 Å². The van der Waals surface area contributed by atoms with Crippen molar-refractivity contribution in [2.75, 3.05) is 32.7 Å². The average Bonchev–Trinajstić information content (AvgIpc) is 2.13. The summed E-state index contributed by atoms with van der Waals surface area (Å²) in [5.41, 5.74) is -0.333. The van der Waals surface area contributed by atoms with Gasteiger partial charge >= 0.3 is 12.2 Å². The van der Waals surface area contributed by atoms with Crippen LogP contribution in [0.4, 0.5) is 18.0 Å². The zero-order chi connectivity index (χ0) is 14.0. The number of amides is 2. The molecular formula is C11H20F3N3O. The summed E-state index contributed by atoms with van der Waals surface area (Å²) in [5.74, 6) is 0. The predicted molar refractivity (Wildman–Crippen MR) is 62.4 cm³/mol. The van der Waals surface area contributed by atoms with Crippen molar-refractivity contribution in [2.45, 2.75) is 32.5 Å². The lowest BCUT2D eigenvalue weighted by atomic mass is 10.1. The zero-order valence-corrected chi connectivity index (χ0v) is 11.0. The molecule has 1 rings (SSSR count). The Balaban J connectivity index is 2.37. The second-order valence-electron chi connectivity index (χ2n) is 5.56. The van der Waals surface area contributed by atoms with Crippen LogP contribution >= 0.6 is 0 Å². The van der Waals surface area contributed by atoms with E-state index in [0.717, 1.165) is 0 Å². The Morgan fingerprint density at radius 1 is 1.11 bits per heavy atom. The van der Waals surface area contributed by atoms with Gasteiger partial charge in [-0.2, -0.15) is 13.2 Å². The number of nitrogens with zero attached hydrogens (tertiary/aromatic N) is 2. The highest BCUT2D eigenvalue weighted by Crippen LogP contribution is 2.17. The highest BCUT2D eigenvalue weighted by atomic mass is 19.4. The predicted octanol–water partition coefficient (Wildman–Crippen LogP) is 1.67. The van der Waals surface area contributed by atoms with Gasteiger partial charge in [-0.3, -0.25) is 4.90 Å². The molecule has 106 valence electrons. The van der Waals surface area contributed by atoms with Crippen LogP contribution in [0.15, 0.2) is 0 Å². The normalized spacial score (nSPS) is 18.9. The first-order valence-electron chi connectivity index (χ1n) is 5.93. The number of urea groups is 1. The van der Waals surface area contributed by atoms with Crippen LogP contribution in [0.5, 0.6) is 0 Å². The average molecular weight is 267 g/mol. The van der Waals surface area contributed by atoms with Crippen LogP contribution in [0, 0.1) is 0 Å². The minimum Gasteiger partial charge on any atom is -0.333 e. The number of halogens is 3. The molecule has 1 aliphatic heterocycles. The summed E-state index contributed by atoms with van der Waals surface area (Å²) in [6, 6.07) is -0.214. The first-order valence-corrected chi connectivity index (χ1v) is 5.93. The fourth-order valence-corrected chi connectivity index (χ4v) is 1.76. The van der Waals surface area contributed by atoms with Gasteiger partial charge in [0, 0.05) is 31.7 Å². The van der Waals surface area contributed by atoms with E-state index in [0.29, 0.717) is 13.1 Å². The summed E-state index contributed by atoms with van der Waals surface area (Å²) in [6.45, 7) is 5.88. The summed E-state index contributed by atoms with van der Waals surface area (Å²) in [6.07, 6.45) is -4.17. The first kappa shape index (κ1) is 15.1. The van der Waals surface area contributed by atoms with Gasteiger partial charge in [0.2, 0.25) is 0 Å². The molecule has 0 unspecified atom stereocenters. The molecule has 0 bridgehead atoms. The Morgan fingerprint density at radius 3 is 2.00 bits per heavy atom. The highest BCUT2D eigenvalue weighted by Gasteiger charge is 2.33. The summed E-state index contributed by atoms with van der Waals surface area (Å²) in [7, 11) is 0. The largest absolute Gasteiger partial charge is 0.401 e. The standard InChI is InChI=1S/C11H20F3N3O/c1-10(2,3)15-9(18)17-6-4-16(5-7-17)8-11(12,13)14/h4-8H2,1-3H3,(H,15,18). The Bertz CT molecular complexity index is 291. The Labute approximate surface area is 105 Å². The topological polar surface area (TPSA) is 35.6 Å². The van der Waals surface area contributed by atoms with E-state index in [1.165, 1.54) is 4.90 Å². The number of hydrogen-bond acceptors (Lipinski definition) is 2. The van der Waals surface area contributed by atoms with Crippen LogP contribution in [-0.2, 0) is 0 Å². The second kappa shape index (κ2) is 5.34. The van der Waals surface area contributed by atoms with Crippen molar-refractivity contribution in [1.29, 1.82) is 0 Å². The van der Waals surface area contributed by atoms with Crippen LogP contribution in [0.1, 0.15) is 20.8 Å². The molecule has 1 N–H and O–H groups in total. The Kier molecular flexibility index (Phi) is 4.47. The molecular weight excluding hydrogens is 247 g/mol. The van der Waals surface area contributed by atoms with Crippen molar-refractivity contribution in [3.63, 3.8) is 0 Å². The van der Waals surface area contributed by atoms with Crippen LogP contribution in [0.3, 0.4) is 0 Å². The molecule has 0 aromatic rings. The third kappa shape index (κ3) is 5.57. The molecule has 18 heavy (non-hydrogen) atoms. The van der Waals surface area contributed by atoms with E-state index in [9.17, 15) is 18.0 Å². The van der Waals surface area contributed by atoms with E-state index in [1.807, 2.05) is 20.8 Å². The molecule has 1 saturated heterocycles. The van der Waals surface area contributed by atoms with Crippen molar-refractivity contribution < 1.29 is 18.0 Å². The number of hydrogen-bond donors (Lipinski definition) is 1. The number of rotatable bonds is 1. The number of carbonyl (C=O) groups is 1. The fourth-order valence-electron chi connectivity index (χ4n) is 1.76. The number of nitrogens with one attached hydrogen (secondary N) is 1. The van der Waals surface area contributed by atoms with Crippen LogP contribution < -0.4 is 5.32 Å². The maximum absolute atomic E-state index is 12.2. The molecule has 7 heteroatoms. The van der Waals surface area contributed by atoms with Gasteiger partial charge in [-0.15, -0.1) is 0 Å². The maximum atomic E-state index is 12.2. The first-order chi connectivity index (χ1) is 8.07. The zero-order valence-electron chi connectivity index (χ0n) is 11.0. The number of piperazine rings is 1. The molecule has 0 radical (unpaired) electrons. The quantitative estimate of drug-likeness (QED) is 0.784. The van der Waals surface area contributed by atoms with Crippen molar-refractivity contribution in [2.24, 2.45) is 0 Å². The molecule has 0 aromatic carbocycles. The summed E-state index contributed by atoms with van der Waals surface area (Å²) < 4.78 is 36.6. The van der Waals surface area contributed by atoms with Gasteiger partial charge < -0.3 is 10.2 Å². The molecule has 0 atom stereocenters. The highest BCUT2D eigenvalue weighted by molar-refractivity contribution is 5.75. The van der Waals surface area contributed by atoms with Gasteiger partial charge in [0.1, 0.15) is 0 Å². The third-order valence-corrected chi connectivity index (χ3v) is 2.54. The molecule has 1 fully saturated rings. The number of alkyl halides is 3. The maximum Gasteiger partial charge on any atom is 0.401 e. The summed E-state index contributed by atoms with van der Waals surface area (Å²) in [4.78, 5) is 14.7. The minimum atomic E-state index is -4.17. The monoisotopic (exact) mass is 267 g/mol. The molecule has 2 amide bonds. The molecule has 1 heterocycles. The van der Waals surface area contributed by atoms with Crippen LogP contribution in [-0.4, -0.2) is 60.3 Å². The number of carbonyl (C=O) groups excluding carboxylic acids is 1. The van der Waals surface area contributed by atoms with Gasteiger partial charge in [-0.05, 0) is 20.8 Å². The van der Waals surface area contributed by atoms with Crippen molar-refractivity contribution >= 4 is 6.03 Å². The molecule has 1 aliphatic rings. The lowest BCUT2D eigenvalue weighted by Crippen LogP contribution is -2.56. The van der Waals surface area contributed by atoms with E-state index in [1.54, 1.807) is 4.90 Å². The third-order valence-electron chi connectivity index (χ3n) is 2.54. The Hall–Kier alpha value is -0.980. The smallest absolute Gasteiger partial charge is 0.333 e. The lowest BCUT2D eigenvalue weighted by Gasteiger charge is -2.36. The van der Waals surface area contributed by atoms with E-state index in [2.05, 4.69) is 5.32 Å². The van der Waals surface area contributed by atoms with E-state index in [4.69, 9.17) is 0 Å². The molecule has 0 aliphatic carbocycles. The van der Waals surface area contributed by atoms with Gasteiger partial charge in [0.25, 0.3) is 0 Å².